The molecule has 0 aliphatic rings. The van der Waals surface area contributed by atoms with E-state index in [4.69, 9.17) is 20.6 Å². The molecule has 4 nitrogen and oxygen atoms in total. The maximum atomic E-state index is 12.8. The Hall–Kier alpha value is -0.320. The lowest BCUT2D eigenvalue weighted by atomic mass is 10.4. The Kier molecular flexibility index (Phi) is 6.57. The number of hydrogen-bond donors (Lipinski definition) is 0. The second-order valence-electron chi connectivity index (χ2n) is 3.87. The quantitative estimate of drug-likeness (QED) is 0.691. The van der Waals surface area contributed by atoms with Crippen molar-refractivity contribution < 1.29 is 13.6 Å². The van der Waals surface area contributed by atoms with Crippen LogP contribution in [-0.2, 0) is 13.6 Å². The molecule has 0 bridgehead atoms. The molecule has 0 saturated carbocycles. The Morgan fingerprint density at radius 2 is 1.95 bits per heavy atom. The van der Waals surface area contributed by atoms with Gasteiger partial charge in [-0.1, -0.05) is 11.6 Å². The lowest BCUT2D eigenvalue weighted by Gasteiger charge is -2.25. The molecule has 0 N–H and O–H groups in total. The van der Waals surface area contributed by atoms with Gasteiger partial charge in [-0.25, -0.2) is 0 Å². The number of thiophene rings is 1. The fourth-order valence-corrected chi connectivity index (χ4v) is 4.39. The summed E-state index contributed by atoms with van der Waals surface area (Å²) < 4.78 is 24.2. The van der Waals surface area contributed by atoms with E-state index in [2.05, 4.69) is 0 Å². The summed E-state index contributed by atoms with van der Waals surface area (Å²) in [7, 11) is 0.331. The summed E-state index contributed by atoms with van der Waals surface area (Å²) in [6.45, 7) is 4.24. The first-order valence-corrected chi connectivity index (χ1v) is 8.70. The van der Waals surface area contributed by atoms with E-state index in [0.717, 1.165) is 4.88 Å². The summed E-state index contributed by atoms with van der Waals surface area (Å²) in [5, 5.41) is 0. The molecule has 0 saturated heterocycles. The molecule has 0 fully saturated rings. The van der Waals surface area contributed by atoms with Crippen LogP contribution in [-0.4, -0.2) is 32.2 Å². The first-order chi connectivity index (χ1) is 8.92. The Balaban J connectivity index is 3.17. The van der Waals surface area contributed by atoms with Crippen molar-refractivity contribution >= 4 is 36.6 Å². The zero-order chi connectivity index (χ0) is 14.5. The van der Waals surface area contributed by atoms with Crippen LogP contribution < -0.4 is 0 Å². The highest BCUT2D eigenvalue weighted by Crippen LogP contribution is 2.57. The highest BCUT2D eigenvalue weighted by Gasteiger charge is 2.31. The molecule has 0 unspecified atom stereocenters. The SMILES string of the molecule is CCOP(=O)(OCC)/C(=C/c1ccc(Cl)s1)N(C)C. The molecule has 108 valence electrons. The van der Waals surface area contributed by atoms with Gasteiger partial charge in [-0.05, 0) is 32.1 Å². The number of nitrogens with zero attached hydrogens (tertiary/aromatic N) is 1. The van der Waals surface area contributed by atoms with Crippen LogP contribution in [0.25, 0.3) is 6.08 Å². The largest absolute Gasteiger partial charge is 0.377 e. The molecule has 0 atom stereocenters. The molecular weight excluding hydrogens is 305 g/mol. The van der Waals surface area contributed by atoms with Crippen molar-refractivity contribution in [3.63, 3.8) is 0 Å². The zero-order valence-corrected chi connectivity index (χ0v) is 14.0. The van der Waals surface area contributed by atoms with Gasteiger partial charge >= 0.3 is 7.60 Å². The van der Waals surface area contributed by atoms with Gasteiger partial charge in [0.25, 0.3) is 0 Å². The van der Waals surface area contributed by atoms with Gasteiger partial charge in [0.2, 0.25) is 0 Å². The second kappa shape index (κ2) is 7.46. The molecule has 1 aromatic heterocycles. The number of halogens is 1. The minimum atomic E-state index is -3.29. The van der Waals surface area contributed by atoms with Gasteiger partial charge in [0.1, 0.15) is 5.44 Å². The average Bonchev–Trinajstić information content (AvgIpc) is 2.72. The predicted octanol–water partition coefficient (Wildman–Crippen LogP) is 4.53. The van der Waals surface area contributed by atoms with E-state index in [1.807, 2.05) is 20.2 Å². The molecular formula is C12H19ClNO3PS. The summed E-state index contributed by atoms with van der Waals surface area (Å²) in [5.41, 5.74) is 0.523. The van der Waals surface area contributed by atoms with Crippen molar-refractivity contribution in [1.29, 1.82) is 0 Å². The average molecular weight is 324 g/mol. The maximum absolute atomic E-state index is 12.8. The van der Waals surface area contributed by atoms with Gasteiger partial charge < -0.3 is 13.9 Å². The van der Waals surface area contributed by atoms with Crippen LogP contribution in [0.3, 0.4) is 0 Å². The van der Waals surface area contributed by atoms with Crippen LogP contribution in [0.15, 0.2) is 17.6 Å². The molecule has 0 aliphatic heterocycles. The Morgan fingerprint density at radius 1 is 1.37 bits per heavy atom. The summed E-state index contributed by atoms with van der Waals surface area (Å²) >= 11 is 7.32. The minimum absolute atomic E-state index is 0.327. The van der Waals surface area contributed by atoms with Gasteiger partial charge in [-0.15, -0.1) is 11.3 Å². The normalized spacial score (nSPS) is 12.8. The predicted molar refractivity (Wildman–Crippen MR) is 81.9 cm³/mol. The summed E-state index contributed by atoms with van der Waals surface area (Å²) in [6, 6.07) is 3.68. The molecule has 19 heavy (non-hydrogen) atoms. The Labute approximate surface area is 123 Å². The van der Waals surface area contributed by atoms with E-state index in [0.29, 0.717) is 23.0 Å². The van der Waals surface area contributed by atoms with Crippen molar-refractivity contribution in [2.75, 3.05) is 27.3 Å². The first-order valence-electron chi connectivity index (χ1n) is 5.97. The van der Waals surface area contributed by atoms with E-state index in [1.54, 1.807) is 30.9 Å². The molecule has 1 aromatic rings. The van der Waals surface area contributed by atoms with E-state index < -0.39 is 7.60 Å². The zero-order valence-electron chi connectivity index (χ0n) is 11.6. The first kappa shape index (κ1) is 16.7. The van der Waals surface area contributed by atoms with Crippen LogP contribution in [0, 0.1) is 0 Å². The smallest absolute Gasteiger partial charge is 0.371 e. The molecule has 1 heterocycles. The van der Waals surface area contributed by atoms with E-state index in [9.17, 15) is 4.57 Å². The van der Waals surface area contributed by atoms with Gasteiger partial charge in [-0.3, -0.25) is 4.57 Å². The molecule has 0 spiro atoms. The summed E-state index contributed by atoms with van der Waals surface area (Å²) in [4.78, 5) is 2.66. The standard InChI is InChI=1S/C12H19ClNO3PS/c1-5-16-18(15,17-6-2)12(14(3)4)9-10-7-8-11(13)19-10/h7-9H,5-6H2,1-4H3/b12-9+. The third-order valence-electron chi connectivity index (χ3n) is 2.20. The van der Waals surface area contributed by atoms with Gasteiger partial charge in [0, 0.05) is 19.0 Å². The van der Waals surface area contributed by atoms with Crippen molar-refractivity contribution in [3.8, 4) is 0 Å². The fraction of sp³-hybridized carbons (Fsp3) is 0.500. The van der Waals surface area contributed by atoms with E-state index in [1.165, 1.54) is 11.3 Å². The topological polar surface area (TPSA) is 38.8 Å². The molecule has 1 rings (SSSR count). The number of rotatable bonds is 7. The van der Waals surface area contributed by atoms with Crippen molar-refractivity contribution in [3.05, 3.63) is 26.8 Å². The molecule has 0 amide bonds. The third-order valence-corrected chi connectivity index (χ3v) is 5.67. The third kappa shape index (κ3) is 4.62. The maximum Gasteiger partial charge on any atom is 0.377 e. The molecule has 0 aromatic carbocycles. The van der Waals surface area contributed by atoms with Crippen molar-refractivity contribution in [2.24, 2.45) is 0 Å². The van der Waals surface area contributed by atoms with Crippen LogP contribution in [0.2, 0.25) is 4.34 Å². The molecule has 0 radical (unpaired) electrons. The van der Waals surface area contributed by atoms with Crippen LogP contribution >= 0.6 is 30.5 Å². The highest BCUT2D eigenvalue weighted by atomic mass is 35.5. The van der Waals surface area contributed by atoms with Gasteiger partial charge in [-0.2, -0.15) is 0 Å². The minimum Gasteiger partial charge on any atom is -0.371 e. The lowest BCUT2D eigenvalue weighted by Crippen LogP contribution is -2.14. The monoisotopic (exact) mass is 323 g/mol. The lowest BCUT2D eigenvalue weighted by molar-refractivity contribution is 0.219. The summed E-state index contributed by atoms with van der Waals surface area (Å²) in [6.07, 6.45) is 1.79. The van der Waals surface area contributed by atoms with Crippen molar-refractivity contribution in [1.82, 2.24) is 4.90 Å². The summed E-state index contributed by atoms with van der Waals surface area (Å²) in [5.74, 6) is 0. The second-order valence-corrected chi connectivity index (χ2v) is 7.59. The van der Waals surface area contributed by atoms with Crippen LogP contribution in [0.1, 0.15) is 18.7 Å². The Morgan fingerprint density at radius 3 is 2.32 bits per heavy atom. The van der Waals surface area contributed by atoms with Crippen LogP contribution in [0.5, 0.6) is 0 Å². The molecule has 7 heteroatoms. The fourth-order valence-electron chi connectivity index (χ4n) is 1.50. The van der Waals surface area contributed by atoms with E-state index >= 15 is 0 Å². The molecule has 0 aliphatic carbocycles. The highest BCUT2D eigenvalue weighted by molar-refractivity contribution is 7.58. The Bertz CT molecular complexity index is 477. The van der Waals surface area contributed by atoms with E-state index in [-0.39, 0.29) is 0 Å². The van der Waals surface area contributed by atoms with Gasteiger partial charge in [0.05, 0.1) is 17.6 Å². The number of hydrogen-bond acceptors (Lipinski definition) is 5. The van der Waals surface area contributed by atoms with Gasteiger partial charge in [0.15, 0.2) is 0 Å². The van der Waals surface area contributed by atoms with Crippen molar-refractivity contribution in [2.45, 2.75) is 13.8 Å². The van der Waals surface area contributed by atoms with Crippen LogP contribution in [0.4, 0.5) is 0 Å².